The second-order valence-corrected chi connectivity index (χ2v) is 7.04. The summed E-state index contributed by atoms with van der Waals surface area (Å²) >= 11 is 7.54. The number of nitrogens with zero attached hydrogens (tertiary/aromatic N) is 2. The number of hydrogen-bond acceptors (Lipinski definition) is 4. The summed E-state index contributed by atoms with van der Waals surface area (Å²) in [5, 5.41) is 6.10. The molecule has 0 aliphatic carbocycles. The number of rotatable bonds is 7. The summed E-state index contributed by atoms with van der Waals surface area (Å²) in [6, 6.07) is 8.25. The van der Waals surface area contributed by atoms with E-state index in [2.05, 4.69) is 15.3 Å². The van der Waals surface area contributed by atoms with Crippen molar-refractivity contribution < 1.29 is 9.18 Å². The lowest BCUT2D eigenvalue weighted by Crippen LogP contribution is -2.26. The number of pyridine rings is 1. The number of aryl methyl sites for hydroxylation is 1. The van der Waals surface area contributed by atoms with Crippen LogP contribution in [0.3, 0.4) is 0 Å². The maximum Gasteiger partial charge on any atom is 0.224 e. The summed E-state index contributed by atoms with van der Waals surface area (Å²) < 4.78 is 13.7. The van der Waals surface area contributed by atoms with Crippen molar-refractivity contribution in [2.24, 2.45) is 0 Å². The van der Waals surface area contributed by atoms with E-state index in [9.17, 15) is 9.18 Å². The highest BCUT2D eigenvalue weighted by atomic mass is 35.5. The van der Waals surface area contributed by atoms with Gasteiger partial charge in [-0.2, -0.15) is 0 Å². The number of halogens is 2. The fourth-order valence-electron chi connectivity index (χ4n) is 2.47. The first-order chi connectivity index (χ1) is 12.6. The Kier molecular flexibility index (Phi) is 6.30. The third-order valence-electron chi connectivity index (χ3n) is 3.82. The van der Waals surface area contributed by atoms with Gasteiger partial charge < -0.3 is 5.32 Å². The summed E-state index contributed by atoms with van der Waals surface area (Å²) in [4.78, 5) is 20.6. The maximum atomic E-state index is 13.7. The molecule has 1 amide bonds. The standard InChI is InChI=1S/C19H17ClFN3OS/c20-15-3-1-4-16(21)14(15)11-18(25)23-8-2-5-19-24-17(12-26-19)13-6-9-22-10-7-13/h1,3-4,6-7,9-10,12H,2,5,8,11H2,(H,23,25). The van der Waals surface area contributed by atoms with Crippen molar-refractivity contribution in [2.75, 3.05) is 6.54 Å². The van der Waals surface area contributed by atoms with Gasteiger partial charge in [-0.05, 0) is 30.7 Å². The molecule has 2 heterocycles. The molecule has 2 aromatic heterocycles. The number of benzene rings is 1. The van der Waals surface area contributed by atoms with Crippen molar-refractivity contribution >= 4 is 28.8 Å². The van der Waals surface area contributed by atoms with Gasteiger partial charge in [0, 0.05) is 46.9 Å². The van der Waals surface area contributed by atoms with E-state index in [4.69, 9.17) is 11.6 Å². The highest BCUT2D eigenvalue weighted by molar-refractivity contribution is 7.09. The Morgan fingerprint density at radius 2 is 2.04 bits per heavy atom. The van der Waals surface area contributed by atoms with Crippen molar-refractivity contribution in [1.82, 2.24) is 15.3 Å². The van der Waals surface area contributed by atoms with Crippen LogP contribution in [0.15, 0.2) is 48.1 Å². The smallest absolute Gasteiger partial charge is 0.224 e. The molecule has 0 radical (unpaired) electrons. The van der Waals surface area contributed by atoms with E-state index in [1.165, 1.54) is 12.1 Å². The fraction of sp³-hybridized carbons (Fsp3) is 0.211. The normalized spacial score (nSPS) is 10.7. The molecule has 26 heavy (non-hydrogen) atoms. The summed E-state index contributed by atoms with van der Waals surface area (Å²) in [6.07, 6.45) is 4.96. The summed E-state index contributed by atoms with van der Waals surface area (Å²) in [7, 11) is 0. The van der Waals surface area contributed by atoms with Gasteiger partial charge in [0.2, 0.25) is 5.91 Å². The highest BCUT2D eigenvalue weighted by Crippen LogP contribution is 2.22. The SMILES string of the molecule is O=C(Cc1c(F)cccc1Cl)NCCCc1nc(-c2ccncc2)cs1. The average molecular weight is 390 g/mol. The Balaban J connectivity index is 1.44. The lowest BCUT2D eigenvalue weighted by molar-refractivity contribution is -0.120. The molecule has 4 nitrogen and oxygen atoms in total. The van der Waals surface area contributed by atoms with Crippen molar-refractivity contribution in [3.63, 3.8) is 0 Å². The van der Waals surface area contributed by atoms with Gasteiger partial charge in [0.25, 0.3) is 0 Å². The number of amides is 1. The lowest BCUT2D eigenvalue weighted by Gasteiger charge is -2.07. The van der Waals surface area contributed by atoms with E-state index in [0.29, 0.717) is 6.54 Å². The molecule has 0 fully saturated rings. The van der Waals surface area contributed by atoms with Crippen LogP contribution in [0.25, 0.3) is 11.3 Å². The van der Waals surface area contributed by atoms with Crippen molar-refractivity contribution in [2.45, 2.75) is 19.3 Å². The molecule has 7 heteroatoms. The molecule has 0 aliphatic heterocycles. The Morgan fingerprint density at radius 3 is 2.81 bits per heavy atom. The van der Waals surface area contributed by atoms with Gasteiger partial charge in [0.15, 0.2) is 0 Å². The Bertz CT molecular complexity index is 865. The van der Waals surface area contributed by atoms with Crippen LogP contribution in [-0.2, 0) is 17.6 Å². The maximum absolute atomic E-state index is 13.7. The van der Waals surface area contributed by atoms with Crippen LogP contribution in [0.4, 0.5) is 4.39 Å². The number of nitrogens with one attached hydrogen (secondary N) is 1. The summed E-state index contributed by atoms with van der Waals surface area (Å²) in [5.41, 5.74) is 2.21. The van der Waals surface area contributed by atoms with Gasteiger partial charge in [0.05, 0.1) is 17.1 Å². The van der Waals surface area contributed by atoms with Crippen LogP contribution >= 0.6 is 22.9 Å². The van der Waals surface area contributed by atoms with Gasteiger partial charge in [-0.3, -0.25) is 9.78 Å². The van der Waals surface area contributed by atoms with Gasteiger partial charge >= 0.3 is 0 Å². The Morgan fingerprint density at radius 1 is 1.23 bits per heavy atom. The van der Waals surface area contributed by atoms with Crippen molar-refractivity contribution in [1.29, 1.82) is 0 Å². The summed E-state index contributed by atoms with van der Waals surface area (Å²) in [6.45, 7) is 0.509. The zero-order valence-electron chi connectivity index (χ0n) is 13.9. The molecule has 0 bridgehead atoms. The molecule has 134 valence electrons. The second kappa shape index (κ2) is 8.87. The van der Waals surface area contributed by atoms with Crippen LogP contribution in [-0.4, -0.2) is 22.4 Å². The van der Waals surface area contributed by atoms with Gasteiger partial charge in [0.1, 0.15) is 5.82 Å². The first-order valence-electron chi connectivity index (χ1n) is 8.18. The van der Waals surface area contributed by atoms with E-state index >= 15 is 0 Å². The minimum Gasteiger partial charge on any atom is -0.356 e. The van der Waals surface area contributed by atoms with E-state index in [-0.39, 0.29) is 22.9 Å². The molecule has 0 aliphatic rings. The molecular formula is C19H17ClFN3OS. The molecule has 1 aromatic carbocycles. The van der Waals surface area contributed by atoms with E-state index in [1.54, 1.807) is 29.8 Å². The number of aromatic nitrogens is 2. The van der Waals surface area contributed by atoms with E-state index in [0.717, 1.165) is 29.1 Å². The molecule has 0 unspecified atom stereocenters. The number of hydrogen-bond donors (Lipinski definition) is 1. The van der Waals surface area contributed by atoms with Crippen LogP contribution in [0.5, 0.6) is 0 Å². The number of carbonyl (C=O) groups is 1. The number of carbonyl (C=O) groups excluding carboxylic acids is 1. The van der Waals surface area contributed by atoms with Gasteiger partial charge in [-0.25, -0.2) is 9.37 Å². The second-order valence-electron chi connectivity index (χ2n) is 5.69. The molecule has 3 rings (SSSR count). The zero-order valence-corrected chi connectivity index (χ0v) is 15.5. The Labute approximate surface area is 160 Å². The van der Waals surface area contributed by atoms with Gasteiger partial charge in [-0.1, -0.05) is 17.7 Å². The largest absolute Gasteiger partial charge is 0.356 e. The minimum atomic E-state index is -0.459. The topological polar surface area (TPSA) is 54.9 Å². The molecular weight excluding hydrogens is 373 g/mol. The minimum absolute atomic E-state index is 0.0606. The van der Waals surface area contributed by atoms with Gasteiger partial charge in [-0.15, -0.1) is 11.3 Å². The molecule has 0 saturated carbocycles. The molecule has 3 aromatic rings. The van der Waals surface area contributed by atoms with Crippen molar-refractivity contribution in [3.8, 4) is 11.3 Å². The quantitative estimate of drug-likeness (QED) is 0.613. The van der Waals surface area contributed by atoms with Crippen LogP contribution in [0.2, 0.25) is 5.02 Å². The third-order valence-corrected chi connectivity index (χ3v) is 5.08. The zero-order chi connectivity index (χ0) is 18.4. The Hall–Kier alpha value is -2.31. The molecule has 0 spiro atoms. The summed E-state index contributed by atoms with van der Waals surface area (Å²) in [5.74, 6) is -0.701. The molecule has 0 atom stereocenters. The van der Waals surface area contributed by atoms with Crippen LogP contribution in [0.1, 0.15) is 17.0 Å². The van der Waals surface area contributed by atoms with Crippen LogP contribution in [0, 0.1) is 5.82 Å². The predicted octanol–water partition coefficient (Wildman–Crippen LogP) is 4.29. The predicted molar refractivity (Wildman–Crippen MR) is 102 cm³/mol. The van der Waals surface area contributed by atoms with E-state index < -0.39 is 5.82 Å². The van der Waals surface area contributed by atoms with E-state index in [1.807, 2.05) is 17.5 Å². The third kappa shape index (κ3) is 4.86. The van der Waals surface area contributed by atoms with Crippen LogP contribution < -0.4 is 5.32 Å². The lowest BCUT2D eigenvalue weighted by atomic mass is 10.1. The molecule has 0 saturated heterocycles. The first kappa shape index (κ1) is 18.5. The molecule has 1 N–H and O–H groups in total. The highest BCUT2D eigenvalue weighted by Gasteiger charge is 2.11. The fourth-order valence-corrected chi connectivity index (χ4v) is 3.55. The first-order valence-corrected chi connectivity index (χ1v) is 9.43. The number of thiazole rings is 1. The average Bonchev–Trinajstić information content (AvgIpc) is 3.12. The monoisotopic (exact) mass is 389 g/mol. The van der Waals surface area contributed by atoms with Crippen molar-refractivity contribution in [3.05, 3.63) is 69.5 Å².